The Labute approximate surface area is 272 Å². The van der Waals surface area contributed by atoms with E-state index in [4.69, 9.17) is 52.2 Å². The summed E-state index contributed by atoms with van der Waals surface area (Å²) in [4.78, 5) is 11.8. The van der Waals surface area contributed by atoms with E-state index in [1.165, 1.54) is 0 Å². The van der Waals surface area contributed by atoms with Crippen LogP contribution in [0, 0.1) is 11.8 Å². The lowest BCUT2D eigenvalue weighted by Crippen LogP contribution is -2.35. The summed E-state index contributed by atoms with van der Waals surface area (Å²) in [7, 11) is 0. The Morgan fingerprint density at radius 2 is 1.75 bits per heavy atom. The molecule has 4 rings (SSSR count). The van der Waals surface area contributed by atoms with E-state index in [9.17, 15) is 4.79 Å². The fourth-order valence-electron chi connectivity index (χ4n) is 6.03. The van der Waals surface area contributed by atoms with E-state index in [-0.39, 0.29) is 49.2 Å². The van der Waals surface area contributed by atoms with E-state index in [0.29, 0.717) is 29.8 Å². The number of benzene rings is 1. The van der Waals surface area contributed by atoms with Crippen molar-refractivity contribution in [1.82, 2.24) is 5.32 Å². The lowest BCUT2D eigenvalue weighted by Gasteiger charge is -2.31. The van der Waals surface area contributed by atoms with Crippen LogP contribution in [0.5, 0.6) is 0 Å². The zero-order valence-corrected chi connectivity index (χ0v) is 27.2. The molecule has 1 N–H and O–H groups in total. The molecule has 2 heterocycles. The maximum absolute atomic E-state index is 11.8. The van der Waals surface area contributed by atoms with Crippen LogP contribution < -0.4 is 5.32 Å². The lowest BCUT2D eigenvalue weighted by atomic mass is 9.90. The number of rotatable bonds is 16. The van der Waals surface area contributed by atoms with Gasteiger partial charge in [-0.1, -0.05) is 48.5 Å². The molecule has 10 heteroatoms. The van der Waals surface area contributed by atoms with E-state index < -0.39 is 0 Å². The van der Waals surface area contributed by atoms with Gasteiger partial charge in [-0.2, -0.15) is 0 Å². The molecule has 0 aromatic heterocycles. The molecular formula is C34H48ClNO7S. The van der Waals surface area contributed by atoms with Crippen LogP contribution in [0.3, 0.4) is 0 Å². The number of carbonyl (C=O) groups is 1. The van der Waals surface area contributed by atoms with Crippen molar-refractivity contribution in [3.63, 3.8) is 0 Å². The molecule has 244 valence electrons. The monoisotopic (exact) mass is 649 g/mol. The summed E-state index contributed by atoms with van der Waals surface area (Å²) < 4.78 is 36.4. The van der Waals surface area contributed by atoms with Crippen LogP contribution in [0.2, 0.25) is 5.02 Å². The van der Waals surface area contributed by atoms with Gasteiger partial charge in [0.15, 0.2) is 12.6 Å². The van der Waals surface area contributed by atoms with Crippen LogP contribution in [-0.4, -0.2) is 62.4 Å². The van der Waals surface area contributed by atoms with Crippen LogP contribution in [0.1, 0.15) is 76.2 Å². The summed E-state index contributed by atoms with van der Waals surface area (Å²) >= 11 is 11.7. The average molecular weight is 650 g/mol. The molecule has 2 unspecified atom stereocenters. The quantitative estimate of drug-likeness (QED) is 0.0877. The highest BCUT2D eigenvalue weighted by Gasteiger charge is 2.46. The van der Waals surface area contributed by atoms with Gasteiger partial charge < -0.3 is 33.7 Å². The fraction of sp³-hybridized carbons (Fsp3) is 0.647. The highest BCUT2D eigenvalue weighted by Crippen LogP contribution is 2.41. The first-order valence-corrected chi connectivity index (χ1v) is 16.9. The number of thiocarbonyl (C=S) groups is 1. The first-order chi connectivity index (χ1) is 21.5. The van der Waals surface area contributed by atoms with Crippen molar-refractivity contribution in [2.75, 3.05) is 26.4 Å². The van der Waals surface area contributed by atoms with Gasteiger partial charge in [0.05, 0.1) is 18.8 Å². The highest BCUT2D eigenvalue weighted by molar-refractivity contribution is 7.80. The minimum atomic E-state index is -0.217. The molecule has 44 heavy (non-hydrogen) atoms. The second kappa shape index (κ2) is 19.5. The number of allylic oxidation sites excluding steroid dienone is 2. The van der Waals surface area contributed by atoms with Gasteiger partial charge in [-0.05, 0) is 93.6 Å². The van der Waals surface area contributed by atoms with Crippen molar-refractivity contribution < 1.29 is 33.2 Å². The predicted molar refractivity (Wildman–Crippen MR) is 174 cm³/mol. The van der Waals surface area contributed by atoms with Gasteiger partial charge in [0.1, 0.15) is 6.61 Å². The van der Waals surface area contributed by atoms with E-state index in [0.717, 1.165) is 83.0 Å². The van der Waals surface area contributed by atoms with Gasteiger partial charge >= 0.3 is 5.97 Å². The van der Waals surface area contributed by atoms with Gasteiger partial charge in [0.25, 0.3) is 5.17 Å². The highest BCUT2D eigenvalue weighted by atomic mass is 35.5. The first kappa shape index (κ1) is 34.9. The number of nitrogens with one attached hydrogen (secondary N) is 1. The van der Waals surface area contributed by atoms with Crippen molar-refractivity contribution >= 4 is 35.0 Å². The third kappa shape index (κ3) is 12.1. The Balaban J connectivity index is 1.39. The molecule has 1 saturated carbocycles. The molecule has 2 aliphatic heterocycles. The SMILES string of the molecule is C=CCOC(=O)CCC/C=C\C[C@H]1[C@H](COC(=S)NCc2cccc(Cl)c2)[C@@H](OC2CCCCO2)C[C@H]1OC1CCCCO1. The maximum Gasteiger partial charge on any atom is 0.306 e. The van der Waals surface area contributed by atoms with Gasteiger partial charge in [-0.25, -0.2) is 0 Å². The fourth-order valence-corrected chi connectivity index (χ4v) is 6.38. The molecule has 3 fully saturated rings. The third-order valence-electron chi connectivity index (χ3n) is 8.32. The zero-order valence-electron chi connectivity index (χ0n) is 25.7. The molecule has 1 aromatic rings. The van der Waals surface area contributed by atoms with Crippen LogP contribution in [-0.2, 0) is 39.8 Å². The van der Waals surface area contributed by atoms with Crippen LogP contribution in [0.25, 0.3) is 0 Å². The predicted octanol–water partition coefficient (Wildman–Crippen LogP) is 7.04. The molecule has 0 spiro atoms. The van der Waals surface area contributed by atoms with Crippen LogP contribution in [0.4, 0.5) is 0 Å². The van der Waals surface area contributed by atoms with Gasteiger partial charge in [0, 0.05) is 43.5 Å². The molecule has 0 radical (unpaired) electrons. The molecule has 6 atom stereocenters. The molecule has 1 aromatic carbocycles. The maximum atomic E-state index is 11.8. The van der Waals surface area contributed by atoms with Crippen molar-refractivity contribution in [1.29, 1.82) is 0 Å². The van der Waals surface area contributed by atoms with E-state index >= 15 is 0 Å². The van der Waals surface area contributed by atoms with Crippen molar-refractivity contribution in [3.05, 3.63) is 59.7 Å². The first-order valence-electron chi connectivity index (χ1n) is 16.1. The van der Waals surface area contributed by atoms with E-state index in [2.05, 4.69) is 24.0 Å². The number of esters is 1. The normalized spacial score (nSPS) is 27.2. The minimum Gasteiger partial charge on any atom is -0.471 e. The lowest BCUT2D eigenvalue weighted by molar-refractivity contribution is -0.204. The summed E-state index contributed by atoms with van der Waals surface area (Å²) in [5.74, 6) is -0.0191. The molecular weight excluding hydrogens is 602 g/mol. The second-order valence-electron chi connectivity index (χ2n) is 11.7. The Kier molecular flexibility index (Phi) is 15.4. The number of carbonyl (C=O) groups excluding carboxylic acids is 1. The smallest absolute Gasteiger partial charge is 0.306 e. The number of hydrogen-bond donors (Lipinski definition) is 1. The molecule has 8 nitrogen and oxygen atoms in total. The summed E-state index contributed by atoms with van der Waals surface area (Å²) in [6.45, 7) is 6.21. The standard InChI is InChI=1S/C34H48ClNO7S/c1-2-18-38-31(37)15-6-4-3-5-14-27-28(24-41-34(44)36-23-25-12-11-13-26(35)21-25)30(43-33-17-8-10-20-40-33)22-29(27)42-32-16-7-9-19-39-32/h2-3,5,11-13,21,27-30,32-33H,1,4,6-10,14-20,22-24H2,(H,36,44)/b5-3-/t27-,28-,29+,30-,32?,33?/m0/s1. The third-order valence-corrected chi connectivity index (χ3v) is 8.82. The van der Waals surface area contributed by atoms with Gasteiger partial charge in [-0.3, -0.25) is 4.79 Å². The number of ether oxygens (including phenoxy) is 6. The number of halogens is 1. The molecule has 1 aliphatic carbocycles. The summed E-state index contributed by atoms with van der Waals surface area (Å²) in [5.41, 5.74) is 1.03. The van der Waals surface area contributed by atoms with Crippen LogP contribution in [0.15, 0.2) is 49.1 Å². The zero-order chi connectivity index (χ0) is 31.0. The Bertz CT molecular complexity index is 1060. The topological polar surface area (TPSA) is 84.5 Å². The second-order valence-corrected chi connectivity index (χ2v) is 12.5. The Hall–Kier alpha value is -2.01. The Morgan fingerprint density at radius 3 is 2.41 bits per heavy atom. The van der Waals surface area contributed by atoms with Gasteiger partial charge in [0.2, 0.25) is 0 Å². The molecule has 0 amide bonds. The number of unbranched alkanes of at least 4 members (excludes halogenated alkanes) is 1. The average Bonchev–Trinajstić information content (AvgIpc) is 3.35. The molecule has 3 aliphatic rings. The Morgan fingerprint density at radius 1 is 1.02 bits per heavy atom. The minimum absolute atomic E-state index is 0.0403. The van der Waals surface area contributed by atoms with Crippen molar-refractivity contribution in [3.8, 4) is 0 Å². The summed E-state index contributed by atoms with van der Waals surface area (Å²) in [6.07, 6.45) is 14.9. The van der Waals surface area contributed by atoms with E-state index in [1.54, 1.807) is 6.08 Å². The molecule has 0 bridgehead atoms. The summed E-state index contributed by atoms with van der Waals surface area (Å²) in [5, 5.41) is 4.23. The van der Waals surface area contributed by atoms with E-state index in [1.807, 2.05) is 24.3 Å². The van der Waals surface area contributed by atoms with Crippen molar-refractivity contribution in [2.24, 2.45) is 11.8 Å². The van der Waals surface area contributed by atoms with Crippen LogP contribution >= 0.6 is 23.8 Å². The number of hydrogen-bond acceptors (Lipinski definition) is 8. The largest absolute Gasteiger partial charge is 0.471 e. The van der Waals surface area contributed by atoms with Gasteiger partial charge in [-0.15, -0.1) is 0 Å². The van der Waals surface area contributed by atoms with Crippen molar-refractivity contribution in [2.45, 2.75) is 102 Å². The molecule has 2 saturated heterocycles. The summed E-state index contributed by atoms with van der Waals surface area (Å²) in [6, 6.07) is 7.66.